The summed E-state index contributed by atoms with van der Waals surface area (Å²) in [7, 11) is 4.14. The number of hydrogen-bond acceptors (Lipinski definition) is 3. The zero-order valence-electron chi connectivity index (χ0n) is 14.6. The molecule has 23 heavy (non-hydrogen) atoms. The van der Waals surface area contributed by atoms with Crippen molar-refractivity contribution in [3.05, 3.63) is 41.3 Å². The van der Waals surface area contributed by atoms with Crippen LogP contribution in [0.1, 0.15) is 19.4 Å². The first kappa shape index (κ1) is 15.9. The Morgan fingerprint density at radius 1 is 1.09 bits per heavy atom. The molecule has 2 aliphatic rings. The molecule has 0 N–H and O–H groups in total. The Labute approximate surface area is 141 Å². The number of aromatic nitrogens is 1. The summed E-state index contributed by atoms with van der Waals surface area (Å²) in [6.07, 6.45) is 0. The fraction of sp³-hybridized carbons (Fsp3) is 0.368. The highest BCUT2D eigenvalue weighted by molar-refractivity contribution is 7.21. The molecule has 0 unspecified atom stereocenters. The van der Waals surface area contributed by atoms with E-state index in [1.807, 2.05) is 11.3 Å². The highest BCUT2D eigenvalue weighted by Crippen LogP contribution is 2.31. The maximum Gasteiger partial charge on any atom is 0.204 e. The molecule has 0 saturated heterocycles. The summed E-state index contributed by atoms with van der Waals surface area (Å²) in [5, 5.41) is 1.32. The molecule has 4 heteroatoms. The molecule has 0 bridgehead atoms. The van der Waals surface area contributed by atoms with E-state index in [0.29, 0.717) is 0 Å². The van der Waals surface area contributed by atoms with Gasteiger partial charge < -0.3 is 4.90 Å². The van der Waals surface area contributed by atoms with E-state index in [1.165, 1.54) is 26.2 Å². The van der Waals surface area contributed by atoms with Gasteiger partial charge in [0.15, 0.2) is 0 Å². The van der Waals surface area contributed by atoms with Crippen LogP contribution in [0, 0.1) is 6.92 Å². The molecule has 0 amide bonds. The average molecular weight is 326 g/mol. The second-order valence-corrected chi connectivity index (χ2v) is 7.12. The van der Waals surface area contributed by atoms with Crippen molar-refractivity contribution >= 4 is 27.2 Å². The third kappa shape index (κ3) is 2.95. The quantitative estimate of drug-likeness (QED) is 0.541. The van der Waals surface area contributed by atoms with Crippen molar-refractivity contribution in [3.63, 3.8) is 0 Å². The second-order valence-electron chi connectivity index (χ2n) is 6.04. The minimum atomic E-state index is 1.03. The van der Waals surface area contributed by atoms with E-state index in [-0.39, 0.29) is 0 Å². The monoisotopic (exact) mass is 326 g/mol. The molecule has 0 saturated carbocycles. The zero-order valence-corrected chi connectivity index (χ0v) is 15.4. The molecule has 1 aliphatic heterocycles. The Balaban J connectivity index is 2.32. The van der Waals surface area contributed by atoms with Gasteiger partial charge in [-0.25, -0.2) is 9.56 Å². The summed E-state index contributed by atoms with van der Waals surface area (Å²) in [4.78, 5) is 8.25. The number of fused-ring (bicyclic) bond motifs is 2. The summed E-state index contributed by atoms with van der Waals surface area (Å²) in [6.45, 7) is 8.65. The highest BCUT2D eigenvalue weighted by Gasteiger charge is 2.13. The van der Waals surface area contributed by atoms with Crippen molar-refractivity contribution in [2.75, 3.05) is 32.1 Å². The predicted molar refractivity (Wildman–Crippen MR) is 102 cm³/mol. The van der Waals surface area contributed by atoms with Crippen LogP contribution in [0.15, 0.2) is 30.3 Å². The van der Waals surface area contributed by atoms with Gasteiger partial charge in [-0.15, -0.1) is 11.3 Å². The van der Waals surface area contributed by atoms with Gasteiger partial charge >= 0.3 is 0 Å². The highest BCUT2D eigenvalue weighted by atomic mass is 32.1. The van der Waals surface area contributed by atoms with E-state index in [2.05, 4.69) is 74.7 Å². The molecule has 0 aromatic heterocycles. The number of anilines is 1. The van der Waals surface area contributed by atoms with Gasteiger partial charge in [-0.2, -0.15) is 0 Å². The van der Waals surface area contributed by atoms with E-state index in [1.54, 1.807) is 0 Å². The number of rotatable bonds is 3. The van der Waals surface area contributed by atoms with Crippen molar-refractivity contribution in [2.24, 2.45) is 0 Å². The lowest BCUT2D eigenvalue weighted by Gasteiger charge is -2.13. The van der Waals surface area contributed by atoms with Crippen LogP contribution in [0.25, 0.3) is 20.8 Å². The van der Waals surface area contributed by atoms with Crippen LogP contribution >= 0.6 is 11.3 Å². The van der Waals surface area contributed by atoms with Crippen LogP contribution in [0.5, 0.6) is 0 Å². The number of benzene rings is 2. The van der Waals surface area contributed by atoms with Gasteiger partial charge in [0, 0.05) is 31.4 Å². The zero-order chi connectivity index (χ0) is 16.6. The number of nitrogens with zero attached hydrogens (tertiary/aromatic N) is 3. The van der Waals surface area contributed by atoms with E-state index in [0.717, 1.165) is 24.3 Å². The standard InChI is InChI=1S/C19H24N3S/c1-6-22(7-2)17-12-19-16(10-13(17)3)20-15-9-8-14(21(4)5)11-18(15)23-19/h8-12H,6-7H2,1-5H3/q+1. The Bertz CT molecular complexity index is 887. The van der Waals surface area contributed by atoms with Crippen molar-refractivity contribution < 1.29 is 0 Å². The van der Waals surface area contributed by atoms with E-state index < -0.39 is 0 Å². The molecule has 3 nitrogen and oxygen atoms in total. The minimum Gasteiger partial charge on any atom is -0.378 e. The van der Waals surface area contributed by atoms with Crippen LogP contribution in [0.3, 0.4) is 0 Å². The Kier molecular flexibility index (Phi) is 4.35. The van der Waals surface area contributed by atoms with Crippen LogP contribution in [-0.4, -0.2) is 32.2 Å². The van der Waals surface area contributed by atoms with Crippen molar-refractivity contribution in [3.8, 4) is 10.6 Å². The van der Waals surface area contributed by atoms with Crippen molar-refractivity contribution in [2.45, 2.75) is 20.8 Å². The number of aryl methyl sites for hydroxylation is 1. The first-order chi connectivity index (χ1) is 11.0. The van der Waals surface area contributed by atoms with Crippen molar-refractivity contribution in [1.29, 1.82) is 0 Å². The fourth-order valence-electron chi connectivity index (χ4n) is 2.94. The number of hydrogen-bond donors (Lipinski definition) is 0. The fourth-order valence-corrected chi connectivity index (χ4v) is 3.95. The van der Waals surface area contributed by atoms with Gasteiger partial charge in [0.05, 0.1) is 20.8 Å². The predicted octanol–water partition coefficient (Wildman–Crippen LogP) is 3.59. The van der Waals surface area contributed by atoms with E-state index in [9.17, 15) is 0 Å². The first-order valence-corrected chi connectivity index (χ1v) is 8.95. The molecule has 1 aliphatic carbocycles. The molecule has 3 rings (SSSR count). The molecular weight excluding hydrogens is 302 g/mol. The van der Waals surface area contributed by atoms with Gasteiger partial charge in [0.25, 0.3) is 0 Å². The van der Waals surface area contributed by atoms with Gasteiger partial charge in [-0.05, 0) is 45.0 Å². The summed E-state index contributed by atoms with van der Waals surface area (Å²) in [5.41, 5.74) is 4.67. The Hall–Kier alpha value is -1.94. The summed E-state index contributed by atoms with van der Waals surface area (Å²) < 4.78 is 3.64. The third-order valence-electron chi connectivity index (χ3n) is 4.30. The van der Waals surface area contributed by atoms with Crippen LogP contribution in [-0.2, 0) is 0 Å². The maximum atomic E-state index is 4.86. The van der Waals surface area contributed by atoms with E-state index in [4.69, 9.17) is 4.98 Å². The van der Waals surface area contributed by atoms with Gasteiger partial charge in [-0.3, -0.25) is 0 Å². The summed E-state index contributed by atoms with van der Waals surface area (Å²) in [5.74, 6) is 0. The van der Waals surface area contributed by atoms with Gasteiger partial charge in [0.1, 0.15) is 13.1 Å². The Morgan fingerprint density at radius 2 is 1.83 bits per heavy atom. The summed E-state index contributed by atoms with van der Waals surface area (Å²) >= 11 is 1.83. The molecule has 1 aromatic carbocycles. The Morgan fingerprint density at radius 3 is 2.48 bits per heavy atom. The molecule has 1 heterocycles. The summed E-state index contributed by atoms with van der Waals surface area (Å²) in [6, 6.07) is 11.0. The van der Waals surface area contributed by atoms with Gasteiger partial charge in [-0.1, -0.05) is 0 Å². The normalized spacial score (nSPS) is 11.2. The lowest BCUT2D eigenvalue weighted by molar-refractivity contribution is 0.623. The molecular formula is C19H24N3S+. The molecule has 120 valence electrons. The van der Waals surface area contributed by atoms with Crippen molar-refractivity contribution in [1.82, 2.24) is 9.56 Å². The lowest BCUT2D eigenvalue weighted by Crippen LogP contribution is -2.31. The SMILES string of the molecule is CC[N+](CC)=c1cc2sc3cc(N(C)C)ccc3nc-2cc1C. The molecule has 0 fully saturated rings. The molecule has 0 spiro atoms. The lowest BCUT2D eigenvalue weighted by atomic mass is 10.1. The van der Waals surface area contributed by atoms with E-state index >= 15 is 0 Å². The first-order valence-electron chi connectivity index (χ1n) is 8.14. The largest absolute Gasteiger partial charge is 0.378 e. The smallest absolute Gasteiger partial charge is 0.204 e. The third-order valence-corrected chi connectivity index (χ3v) is 5.40. The topological polar surface area (TPSA) is 19.1 Å². The molecule has 0 atom stereocenters. The van der Waals surface area contributed by atoms with Crippen LogP contribution < -0.4 is 14.8 Å². The minimum absolute atomic E-state index is 1.03. The molecule has 0 radical (unpaired) electrons. The second kappa shape index (κ2) is 6.28. The van der Waals surface area contributed by atoms with Crippen LogP contribution in [0.2, 0.25) is 0 Å². The van der Waals surface area contributed by atoms with Crippen LogP contribution in [0.4, 0.5) is 5.69 Å². The maximum absolute atomic E-state index is 4.86. The average Bonchev–Trinajstić information content (AvgIpc) is 2.54. The van der Waals surface area contributed by atoms with Gasteiger partial charge in [0.2, 0.25) is 5.36 Å². The molecule has 1 aromatic rings.